The number of primary amides is 1. The molecule has 1 unspecified atom stereocenters. The molecule has 1 aromatic carbocycles. The maximum absolute atomic E-state index is 10.4. The Bertz CT molecular complexity index is 407. The van der Waals surface area contributed by atoms with Crippen LogP contribution < -0.4 is 11.5 Å². The standard InChI is InChI=1S/C15H24N2O2/c1-15(2,3)13(16)12-8-6-11(7-9-12)5-4-10-19-14(17)18/h6-9,13H,4-5,10,16H2,1-3H3,(H2,17,18). The average molecular weight is 264 g/mol. The molecule has 1 aromatic rings. The Morgan fingerprint density at radius 2 is 1.84 bits per heavy atom. The molecule has 4 nitrogen and oxygen atoms in total. The van der Waals surface area contributed by atoms with E-state index >= 15 is 0 Å². The summed E-state index contributed by atoms with van der Waals surface area (Å²) in [6, 6.07) is 8.32. The monoisotopic (exact) mass is 264 g/mol. The van der Waals surface area contributed by atoms with Crippen molar-refractivity contribution in [1.82, 2.24) is 0 Å². The third-order valence-electron chi connectivity index (χ3n) is 3.13. The fourth-order valence-corrected chi connectivity index (χ4v) is 1.84. The second-order valence-corrected chi connectivity index (χ2v) is 5.86. The van der Waals surface area contributed by atoms with Crippen molar-refractivity contribution in [1.29, 1.82) is 0 Å². The lowest BCUT2D eigenvalue weighted by molar-refractivity contribution is 0.155. The molecular weight excluding hydrogens is 240 g/mol. The van der Waals surface area contributed by atoms with E-state index in [4.69, 9.17) is 11.5 Å². The third-order valence-corrected chi connectivity index (χ3v) is 3.13. The quantitative estimate of drug-likeness (QED) is 0.803. The molecule has 0 radical (unpaired) electrons. The Labute approximate surface area is 115 Å². The summed E-state index contributed by atoms with van der Waals surface area (Å²) in [5, 5.41) is 0. The predicted molar refractivity (Wildman–Crippen MR) is 76.7 cm³/mol. The van der Waals surface area contributed by atoms with Crippen LogP contribution in [0.15, 0.2) is 24.3 Å². The fraction of sp³-hybridized carbons (Fsp3) is 0.533. The highest BCUT2D eigenvalue weighted by molar-refractivity contribution is 5.64. The van der Waals surface area contributed by atoms with Gasteiger partial charge in [0.25, 0.3) is 0 Å². The maximum Gasteiger partial charge on any atom is 0.404 e. The van der Waals surface area contributed by atoms with Crippen molar-refractivity contribution in [2.45, 2.75) is 39.7 Å². The molecule has 106 valence electrons. The van der Waals surface area contributed by atoms with E-state index in [9.17, 15) is 4.79 Å². The zero-order valence-electron chi connectivity index (χ0n) is 12.0. The van der Waals surface area contributed by atoms with Gasteiger partial charge < -0.3 is 16.2 Å². The molecule has 0 aliphatic heterocycles. The largest absolute Gasteiger partial charge is 0.450 e. The molecule has 4 heteroatoms. The molecule has 1 atom stereocenters. The number of hydrogen-bond acceptors (Lipinski definition) is 3. The minimum Gasteiger partial charge on any atom is -0.450 e. The van der Waals surface area contributed by atoms with E-state index < -0.39 is 6.09 Å². The lowest BCUT2D eigenvalue weighted by Gasteiger charge is -2.27. The first-order valence-electron chi connectivity index (χ1n) is 6.57. The van der Waals surface area contributed by atoms with Crippen LogP contribution in [0.1, 0.15) is 44.4 Å². The van der Waals surface area contributed by atoms with Gasteiger partial charge in [-0.3, -0.25) is 0 Å². The Hall–Kier alpha value is -1.55. The van der Waals surface area contributed by atoms with Crippen LogP contribution in [0.2, 0.25) is 0 Å². The summed E-state index contributed by atoms with van der Waals surface area (Å²) >= 11 is 0. The van der Waals surface area contributed by atoms with Crippen LogP contribution in [0.25, 0.3) is 0 Å². The highest BCUT2D eigenvalue weighted by Crippen LogP contribution is 2.30. The first kappa shape index (κ1) is 15.5. The van der Waals surface area contributed by atoms with E-state index in [1.54, 1.807) is 0 Å². The molecule has 0 heterocycles. The van der Waals surface area contributed by atoms with Crippen LogP contribution in [0.5, 0.6) is 0 Å². The number of hydrogen-bond donors (Lipinski definition) is 2. The summed E-state index contributed by atoms with van der Waals surface area (Å²) in [5.41, 5.74) is 13.5. The molecule has 0 saturated carbocycles. The van der Waals surface area contributed by atoms with Crippen molar-refractivity contribution in [3.63, 3.8) is 0 Å². The number of carbonyl (C=O) groups is 1. The molecule has 0 aliphatic carbocycles. The zero-order valence-corrected chi connectivity index (χ0v) is 12.0. The van der Waals surface area contributed by atoms with Gasteiger partial charge in [-0.15, -0.1) is 0 Å². The van der Waals surface area contributed by atoms with Gasteiger partial charge in [-0.2, -0.15) is 0 Å². The van der Waals surface area contributed by atoms with Gasteiger partial charge >= 0.3 is 6.09 Å². The molecule has 0 aromatic heterocycles. The van der Waals surface area contributed by atoms with Crippen LogP contribution in [-0.2, 0) is 11.2 Å². The van der Waals surface area contributed by atoms with Crippen LogP contribution in [0.3, 0.4) is 0 Å². The minimum absolute atomic E-state index is 0.0275. The van der Waals surface area contributed by atoms with Crippen molar-refractivity contribution in [2.75, 3.05) is 6.61 Å². The highest BCUT2D eigenvalue weighted by Gasteiger charge is 2.21. The lowest BCUT2D eigenvalue weighted by atomic mass is 9.83. The molecule has 0 bridgehead atoms. The van der Waals surface area contributed by atoms with Gasteiger partial charge in [-0.25, -0.2) is 4.79 Å². The summed E-state index contributed by atoms with van der Waals surface area (Å²) in [7, 11) is 0. The normalized spacial score (nSPS) is 13.1. The van der Waals surface area contributed by atoms with Crippen LogP contribution in [0, 0.1) is 5.41 Å². The Kier molecular flexibility index (Phi) is 5.36. The summed E-state index contributed by atoms with van der Waals surface area (Å²) in [6.45, 7) is 6.75. The van der Waals surface area contributed by atoms with Crippen LogP contribution >= 0.6 is 0 Å². The Balaban J connectivity index is 2.50. The number of rotatable bonds is 5. The molecule has 0 fully saturated rings. The van der Waals surface area contributed by atoms with Crippen molar-refractivity contribution in [3.8, 4) is 0 Å². The summed E-state index contributed by atoms with van der Waals surface area (Å²) in [6.07, 6.45) is 0.915. The van der Waals surface area contributed by atoms with Crippen molar-refractivity contribution in [3.05, 3.63) is 35.4 Å². The van der Waals surface area contributed by atoms with Crippen molar-refractivity contribution < 1.29 is 9.53 Å². The summed E-state index contributed by atoms with van der Waals surface area (Å²) < 4.78 is 4.69. The van der Waals surface area contributed by atoms with E-state index in [0.717, 1.165) is 18.4 Å². The molecule has 0 aliphatic rings. The zero-order chi connectivity index (χ0) is 14.5. The number of carbonyl (C=O) groups excluding carboxylic acids is 1. The topological polar surface area (TPSA) is 78.3 Å². The van der Waals surface area contributed by atoms with Gasteiger partial charge in [0.15, 0.2) is 0 Å². The highest BCUT2D eigenvalue weighted by atomic mass is 16.5. The van der Waals surface area contributed by atoms with Crippen molar-refractivity contribution in [2.24, 2.45) is 16.9 Å². The van der Waals surface area contributed by atoms with Gasteiger partial charge in [0, 0.05) is 6.04 Å². The van der Waals surface area contributed by atoms with E-state index in [2.05, 4.69) is 49.8 Å². The average Bonchev–Trinajstić information content (AvgIpc) is 2.33. The molecule has 19 heavy (non-hydrogen) atoms. The maximum atomic E-state index is 10.4. The summed E-state index contributed by atoms with van der Waals surface area (Å²) in [5.74, 6) is 0. The van der Waals surface area contributed by atoms with Crippen LogP contribution in [0.4, 0.5) is 4.79 Å². The molecule has 1 amide bonds. The van der Waals surface area contributed by atoms with E-state index in [0.29, 0.717) is 6.61 Å². The number of amides is 1. The SMILES string of the molecule is CC(C)(C)C(N)c1ccc(CCCOC(N)=O)cc1. The first-order chi connectivity index (χ1) is 8.80. The molecule has 1 rings (SSSR count). The van der Waals surface area contributed by atoms with Crippen molar-refractivity contribution >= 4 is 6.09 Å². The molecule has 0 spiro atoms. The van der Waals surface area contributed by atoms with E-state index in [1.165, 1.54) is 5.56 Å². The number of benzene rings is 1. The van der Waals surface area contributed by atoms with Gasteiger partial charge in [0.1, 0.15) is 0 Å². The minimum atomic E-state index is -0.716. The second-order valence-electron chi connectivity index (χ2n) is 5.86. The molecule has 4 N–H and O–H groups in total. The predicted octanol–water partition coefficient (Wildman–Crippen LogP) is 2.76. The van der Waals surface area contributed by atoms with Gasteiger partial charge in [0.2, 0.25) is 0 Å². The van der Waals surface area contributed by atoms with Crippen LogP contribution in [-0.4, -0.2) is 12.7 Å². The fourth-order valence-electron chi connectivity index (χ4n) is 1.84. The second kappa shape index (κ2) is 6.57. The first-order valence-corrected chi connectivity index (χ1v) is 6.57. The number of ether oxygens (including phenoxy) is 1. The summed E-state index contributed by atoms with van der Waals surface area (Å²) in [4.78, 5) is 10.4. The number of nitrogens with two attached hydrogens (primary N) is 2. The van der Waals surface area contributed by atoms with Gasteiger partial charge in [-0.05, 0) is 29.4 Å². The van der Waals surface area contributed by atoms with Gasteiger partial charge in [-0.1, -0.05) is 45.0 Å². The Morgan fingerprint density at radius 3 is 2.32 bits per heavy atom. The van der Waals surface area contributed by atoms with E-state index in [-0.39, 0.29) is 11.5 Å². The third kappa shape index (κ3) is 5.30. The lowest BCUT2D eigenvalue weighted by Crippen LogP contribution is -2.26. The van der Waals surface area contributed by atoms with Gasteiger partial charge in [0.05, 0.1) is 6.61 Å². The smallest absolute Gasteiger partial charge is 0.404 e. The molecular formula is C15H24N2O2. The number of aryl methyl sites for hydroxylation is 1. The molecule has 0 saturated heterocycles. The Morgan fingerprint density at radius 1 is 1.26 bits per heavy atom. The van der Waals surface area contributed by atoms with E-state index in [1.807, 2.05) is 0 Å².